The summed E-state index contributed by atoms with van der Waals surface area (Å²) in [6.45, 7) is -2.81. The summed E-state index contributed by atoms with van der Waals surface area (Å²) in [5, 5.41) is 0. The van der Waals surface area contributed by atoms with Crippen molar-refractivity contribution in [3.63, 3.8) is 0 Å². The summed E-state index contributed by atoms with van der Waals surface area (Å²) >= 11 is 4.16. The molecule has 7 heteroatoms. The van der Waals surface area contributed by atoms with Gasteiger partial charge in [-0.15, -0.1) is 18.4 Å². The number of nitrogens with zero attached hydrogens (tertiary/aromatic N) is 1. The van der Waals surface area contributed by atoms with Gasteiger partial charge in [0.15, 0.2) is 0 Å². The highest BCUT2D eigenvalue weighted by molar-refractivity contribution is 8.07. The normalized spacial score (nSPS) is 15.6. The summed E-state index contributed by atoms with van der Waals surface area (Å²) in [4.78, 5) is 45.6. The van der Waals surface area contributed by atoms with Gasteiger partial charge in [0.05, 0.1) is 11.1 Å². The summed E-state index contributed by atoms with van der Waals surface area (Å²) in [6, 6.07) is 4.53. The summed E-state index contributed by atoms with van der Waals surface area (Å²) in [5.41, 5.74) is 0.939. The zero-order chi connectivity index (χ0) is 12.1. The van der Waals surface area contributed by atoms with Crippen molar-refractivity contribution in [1.29, 1.82) is 0 Å². The number of hydrogen-bond donors (Lipinski definition) is 0. The summed E-state index contributed by atoms with van der Waals surface area (Å²) in [7, 11) is 0. The van der Waals surface area contributed by atoms with Crippen LogP contribution in [-0.2, 0) is 11.8 Å². The average Bonchev–Trinajstić information content (AvgIpc) is 2.38. The number of carbonyl (C=O) groups is 2. The highest BCUT2D eigenvalue weighted by atomic mass is 32.5. The molecule has 0 saturated carbocycles. The van der Waals surface area contributed by atoms with Crippen molar-refractivity contribution in [3.8, 4) is 0 Å². The molecule has 0 fully saturated rings. The Kier molecular flexibility index (Phi) is 2.47. The van der Waals surface area contributed by atoms with Crippen molar-refractivity contribution >= 4 is 30.3 Å². The fourth-order valence-corrected chi connectivity index (χ4v) is 2.67. The highest BCUT2D eigenvalue weighted by Gasteiger charge is 2.35. The van der Waals surface area contributed by atoms with Crippen LogP contribution < -0.4 is 9.79 Å². The van der Waals surface area contributed by atoms with Crippen molar-refractivity contribution in [2.75, 3.05) is 0 Å². The molecule has 1 aromatic rings. The van der Waals surface area contributed by atoms with Gasteiger partial charge < -0.3 is 9.79 Å². The fourth-order valence-electron chi connectivity index (χ4n) is 1.56. The first-order valence-corrected chi connectivity index (χ1v) is 6.93. The molecule has 1 aromatic carbocycles. The Balaban J connectivity index is 2.62. The molecule has 2 amide bonds. The average molecular weight is 255 g/mol. The van der Waals surface area contributed by atoms with Gasteiger partial charge in [0.2, 0.25) is 0 Å². The van der Waals surface area contributed by atoms with Crippen LogP contribution in [0.2, 0.25) is 0 Å². The maximum Gasteiger partial charge on any atom is 0.263 e. The molecule has 0 spiro atoms. The number of benzene rings is 1. The predicted octanol–water partition coefficient (Wildman–Crippen LogP) is -0.464. The molecule has 0 N–H and O–H groups in total. The van der Waals surface area contributed by atoms with Gasteiger partial charge in [-0.1, -0.05) is 11.6 Å². The topological polar surface area (TPSA) is 83.5 Å². The summed E-state index contributed by atoms with van der Waals surface area (Å²) in [6.07, 6.45) is 0. The van der Waals surface area contributed by atoms with Crippen molar-refractivity contribution < 1.29 is 19.4 Å². The summed E-state index contributed by atoms with van der Waals surface area (Å²) < 4.78 is 0.145. The molecule has 0 saturated heterocycles. The molecule has 0 radical (unpaired) electrons. The quantitative estimate of drug-likeness (QED) is 0.500. The molecular weight excluding hydrogens is 249 g/mol. The van der Waals surface area contributed by atoms with Crippen LogP contribution in [0.25, 0.3) is 0 Å². The number of rotatable bonds is 1. The Morgan fingerprint density at radius 3 is 2.31 bits per heavy atom. The number of fused-ring (bicyclic) bond motifs is 1. The lowest BCUT2D eigenvalue weighted by atomic mass is 10.1. The number of hydrogen-bond acceptors (Lipinski definition) is 5. The second kappa shape index (κ2) is 3.46. The van der Waals surface area contributed by atoms with Crippen LogP contribution in [0.5, 0.6) is 0 Å². The highest BCUT2D eigenvalue weighted by Crippen LogP contribution is 2.39. The minimum absolute atomic E-state index is 0.0801. The lowest BCUT2D eigenvalue weighted by molar-refractivity contribution is -0.304. The van der Waals surface area contributed by atoms with Crippen LogP contribution in [0, 0.1) is 6.92 Å². The second-order valence-electron chi connectivity index (χ2n) is 3.44. The largest absolute Gasteiger partial charge is 0.817 e. The van der Waals surface area contributed by atoms with Crippen molar-refractivity contribution in [1.82, 2.24) is 4.67 Å². The second-order valence-corrected chi connectivity index (χ2v) is 6.16. The van der Waals surface area contributed by atoms with E-state index in [4.69, 9.17) is 0 Å². The minimum atomic E-state index is -4.56. The molecule has 1 aliphatic rings. The van der Waals surface area contributed by atoms with E-state index in [1.807, 2.05) is 0 Å². The maximum atomic E-state index is 11.7. The van der Waals surface area contributed by atoms with Gasteiger partial charge in [-0.2, -0.15) is 0 Å². The molecule has 2 rings (SSSR count). The van der Waals surface area contributed by atoms with E-state index in [1.165, 1.54) is 12.1 Å². The lowest BCUT2D eigenvalue weighted by Crippen LogP contribution is -2.36. The van der Waals surface area contributed by atoms with Crippen molar-refractivity contribution in [2.45, 2.75) is 6.92 Å². The van der Waals surface area contributed by atoms with Gasteiger partial charge in [-0.05, 0) is 19.1 Å². The first-order chi connectivity index (χ1) is 7.32. The van der Waals surface area contributed by atoms with Gasteiger partial charge in [0, 0.05) is 0 Å². The number of amides is 2. The lowest BCUT2D eigenvalue weighted by Gasteiger charge is -2.41. The van der Waals surface area contributed by atoms with E-state index >= 15 is 0 Å². The predicted molar refractivity (Wildman–Crippen MR) is 56.0 cm³/mol. The van der Waals surface area contributed by atoms with E-state index in [-0.39, 0.29) is 15.8 Å². The molecular formula is C9H6NO4PS-2. The number of imide groups is 1. The SMILES string of the molecule is Cc1ccc2c(c1)C(=O)N(P([O-])([O-])=S)C2=O. The van der Waals surface area contributed by atoms with E-state index in [9.17, 15) is 19.4 Å². The van der Waals surface area contributed by atoms with E-state index in [0.717, 1.165) is 5.56 Å². The van der Waals surface area contributed by atoms with E-state index < -0.39 is 18.5 Å². The van der Waals surface area contributed by atoms with E-state index in [0.29, 0.717) is 0 Å². The van der Waals surface area contributed by atoms with Gasteiger partial charge in [0.25, 0.3) is 11.8 Å². The Bertz CT molecular complexity index is 550. The summed E-state index contributed by atoms with van der Waals surface area (Å²) in [5.74, 6) is -1.73. The van der Waals surface area contributed by atoms with E-state index in [2.05, 4.69) is 11.8 Å². The Morgan fingerprint density at radius 1 is 1.19 bits per heavy atom. The molecule has 84 valence electrons. The van der Waals surface area contributed by atoms with Gasteiger partial charge >= 0.3 is 0 Å². The molecule has 5 nitrogen and oxygen atoms in total. The standard InChI is InChI=1S/C9H8NO4PS/c1-5-2-3-6-7(4-5)9(12)10(8(6)11)15(13,14)16/h2-4H,1H3,(H2,13,14,16)/p-2. The Morgan fingerprint density at radius 2 is 1.75 bits per heavy atom. The first kappa shape index (κ1) is 11.4. The van der Waals surface area contributed by atoms with Gasteiger partial charge in [-0.25, -0.2) is 0 Å². The van der Waals surface area contributed by atoms with Crippen LogP contribution in [0.1, 0.15) is 26.3 Å². The van der Waals surface area contributed by atoms with Gasteiger partial charge in [-0.3, -0.25) is 14.3 Å². The molecule has 1 aliphatic heterocycles. The zero-order valence-electron chi connectivity index (χ0n) is 8.17. The van der Waals surface area contributed by atoms with Gasteiger partial charge in [0.1, 0.15) is 0 Å². The molecule has 0 aliphatic carbocycles. The van der Waals surface area contributed by atoms with Crippen LogP contribution in [0.4, 0.5) is 0 Å². The molecule has 0 bridgehead atoms. The fraction of sp³-hybridized carbons (Fsp3) is 0.111. The maximum absolute atomic E-state index is 11.7. The molecule has 0 atom stereocenters. The molecule has 0 aromatic heterocycles. The molecule has 16 heavy (non-hydrogen) atoms. The number of aryl methyl sites for hydroxylation is 1. The molecule has 1 heterocycles. The monoisotopic (exact) mass is 255 g/mol. The smallest absolute Gasteiger partial charge is 0.263 e. The third kappa shape index (κ3) is 1.60. The van der Waals surface area contributed by atoms with E-state index in [1.54, 1.807) is 13.0 Å². The zero-order valence-corrected chi connectivity index (χ0v) is 9.88. The van der Waals surface area contributed by atoms with Crippen LogP contribution in [0.15, 0.2) is 18.2 Å². The Hall–Kier alpha value is -1.07. The van der Waals surface area contributed by atoms with Crippen LogP contribution >= 0.6 is 6.64 Å². The van der Waals surface area contributed by atoms with Crippen molar-refractivity contribution in [2.24, 2.45) is 0 Å². The third-order valence-corrected chi connectivity index (χ3v) is 3.61. The van der Waals surface area contributed by atoms with Crippen molar-refractivity contribution in [3.05, 3.63) is 34.9 Å². The number of carbonyl (C=O) groups excluding carboxylic acids is 2. The van der Waals surface area contributed by atoms with Crippen LogP contribution in [-0.4, -0.2) is 16.5 Å². The third-order valence-electron chi connectivity index (χ3n) is 2.27. The Labute approximate surface area is 96.5 Å². The molecule has 0 unspecified atom stereocenters. The van der Waals surface area contributed by atoms with Crippen LogP contribution in [0.3, 0.4) is 0 Å². The minimum Gasteiger partial charge on any atom is -0.817 e. The first-order valence-electron chi connectivity index (χ1n) is 4.34.